The molecule has 0 unspecified atom stereocenters. The SMILES string of the molecule is C=C1C(=O)OC(C)(C(C)(C)C)OC1=O.CCC. The Morgan fingerprint density at radius 1 is 1.12 bits per heavy atom. The molecule has 4 nitrogen and oxygen atoms in total. The molecule has 98 valence electrons. The van der Waals surface area contributed by atoms with Crippen LogP contribution in [0.4, 0.5) is 0 Å². The van der Waals surface area contributed by atoms with Crippen LogP contribution in [-0.2, 0) is 19.1 Å². The molecule has 1 rings (SSSR count). The summed E-state index contributed by atoms with van der Waals surface area (Å²) >= 11 is 0. The van der Waals surface area contributed by atoms with Gasteiger partial charge >= 0.3 is 11.9 Å². The Morgan fingerprint density at radius 3 is 1.65 bits per heavy atom. The Morgan fingerprint density at radius 2 is 1.41 bits per heavy atom. The molecule has 1 fully saturated rings. The maximum Gasteiger partial charge on any atom is 0.348 e. The summed E-state index contributed by atoms with van der Waals surface area (Å²) in [5, 5.41) is 0. The van der Waals surface area contributed by atoms with Crippen molar-refractivity contribution in [1.82, 2.24) is 0 Å². The standard InChI is InChI=1S/C10H14O4.C3H8/c1-6-7(11)13-10(5,9(2,3)4)14-8(6)12;1-3-2/h1H2,2-5H3;3H2,1-2H3. The maximum atomic E-state index is 11.2. The van der Waals surface area contributed by atoms with Crippen LogP contribution in [0.5, 0.6) is 0 Å². The monoisotopic (exact) mass is 242 g/mol. The number of carbonyl (C=O) groups is 2. The number of carbonyl (C=O) groups excluding carboxylic acids is 2. The average Bonchev–Trinajstić information content (AvgIpc) is 2.13. The van der Waals surface area contributed by atoms with E-state index in [0.717, 1.165) is 0 Å². The first-order chi connectivity index (χ1) is 7.59. The first-order valence-corrected chi connectivity index (χ1v) is 5.74. The Bertz CT molecular complexity index is 303. The lowest BCUT2D eigenvalue weighted by Crippen LogP contribution is -2.52. The van der Waals surface area contributed by atoms with Gasteiger partial charge in [-0.1, -0.05) is 47.6 Å². The van der Waals surface area contributed by atoms with Crippen molar-refractivity contribution in [3.05, 3.63) is 12.2 Å². The summed E-state index contributed by atoms with van der Waals surface area (Å²) in [6.45, 7) is 14.6. The highest BCUT2D eigenvalue weighted by molar-refractivity contribution is 6.14. The highest BCUT2D eigenvalue weighted by Crippen LogP contribution is 2.38. The van der Waals surface area contributed by atoms with Crippen LogP contribution in [0.3, 0.4) is 0 Å². The molecule has 0 bridgehead atoms. The van der Waals surface area contributed by atoms with Crippen LogP contribution in [0.25, 0.3) is 0 Å². The molecule has 0 aromatic carbocycles. The third-order valence-corrected chi connectivity index (χ3v) is 2.43. The molecule has 0 saturated carbocycles. The van der Waals surface area contributed by atoms with Crippen LogP contribution < -0.4 is 0 Å². The smallest absolute Gasteiger partial charge is 0.348 e. The zero-order chi connectivity index (χ0) is 13.9. The van der Waals surface area contributed by atoms with E-state index in [1.54, 1.807) is 6.92 Å². The fourth-order valence-electron chi connectivity index (χ4n) is 0.887. The second kappa shape index (κ2) is 5.34. The van der Waals surface area contributed by atoms with Gasteiger partial charge in [0.15, 0.2) is 0 Å². The zero-order valence-corrected chi connectivity index (χ0v) is 11.5. The van der Waals surface area contributed by atoms with Crippen LogP contribution in [0.1, 0.15) is 48.0 Å². The van der Waals surface area contributed by atoms with Crippen LogP contribution in [-0.4, -0.2) is 17.7 Å². The van der Waals surface area contributed by atoms with Crippen molar-refractivity contribution < 1.29 is 19.1 Å². The Kier molecular flexibility index (Phi) is 4.93. The van der Waals surface area contributed by atoms with E-state index < -0.39 is 23.1 Å². The van der Waals surface area contributed by atoms with Crippen LogP contribution >= 0.6 is 0 Å². The molecule has 0 radical (unpaired) electrons. The summed E-state index contributed by atoms with van der Waals surface area (Å²) < 4.78 is 10.1. The highest BCUT2D eigenvalue weighted by atomic mass is 16.7. The topological polar surface area (TPSA) is 52.6 Å². The molecule has 1 aliphatic heterocycles. The summed E-state index contributed by atoms with van der Waals surface area (Å²) in [5.74, 6) is -2.64. The molecule has 4 heteroatoms. The lowest BCUT2D eigenvalue weighted by atomic mass is 9.86. The van der Waals surface area contributed by atoms with Gasteiger partial charge in [0.05, 0.1) is 0 Å². The van der Waals surface area contributed by atoms with E-state index in [1.807, 2.05) is 20.8 Å². The van der Waals surface area contributed by atoms with Crippen LogP contribution in [0.2, 0.25) is 0 Å². The molecule has 0 N–H and O–H groups in total. The van der Waals surface area contributed by atoms with E-state index in [2.05, 4.69) is 20.4 Å². The number of cyclic esters (lactones) is 2. The molecule has 0 atom stereocenters. The number of hydrogen-bond donors (Lipinski definition) is 0. The van der Waals surface area contributed by atoms with Gasteiger partial charge in [0.2, 0.25) is 0 Å². The van der Waals surface area contributed by atoms with Crippen molar-refractivity contribution in [3.8, 4) is 0 Å². The molecule has 0 aromatic rings. The number of hydrogen-bond acceptors (Lipinski definition) is 4. The van der Waals surface area contributed by atoms with E-state index in [9.17, 15) is 9.59 Å². The molecular formula is C13H22O4. The van der Waals surface area contributed by atoms with Gasteiger partial charge in [0.1, 0.15) is 5.57 Å². The summed E-state index contributed by atoms with van der Waals surface area (Å²) in [5.41, 5.74) is -0.731. The van der Waals surface area contributed by atoms with Crippen molar-refractivity contribution in [2.75, 3.05) is 0 Å². The van der Waals surface area contributed by atoms with E-state index in [4.69, 9.17) is 9.47 Å². The molecule has 1 aliphatic rings. The number of esters is 2. The molecule has 0 spiro atoms. The van der Waals surface area contributed by atoms with E-state index in [-0.39, 0.29) is 5.57 Å². The quantitative estimate of drug-likeness (QED) is 0.372. The minimum atomic E-state index is -1.22. The second-order valence-electron chi connectivity index (χ2n) is 5.16. The minimum absolute atomic E-state index is 0.258. The molecular weight excluding hydrogens is 220 g/mol. The van der Waals surface area contributed by atoms with E-state index >= 15 is 0 Å². The normalized spacial score (nSPS) is 18.8. The van der Waals surface area contributed by atoms with E-state index in [0.29, 0.717) is 0 Å². The first kappa shape index (κ1) is 15.7. The van der Waals surface area contributed by atoms with Gasteiger partial charge in [-0.25, -0.2) is 9.59 Å². The Hall–Kier alpha value is -1.32. The van der Waals surface area contributed by atoms with Gasteiger partial charge < -0.3 is 9.47 Å². The largest absolute Gasteiger partial charge is 0.418 e. The molecule has 0 aliphatic carbocycles. The van der Waals surface area contributed by atoms with Gasteiger partial charge in [-0.2, -0.15) is 0 Å². The second-order valence-corrected chi connectivity index (χ2v) is 5.16. The highest BCUT2D eigenvalue weighted by Gasteiger charge is 2.49. The molecule has 0 aromatic heterocycles. The molecule has 0 amide bonds. The van der Waals surface area contributed by atoms with E-state index in [1.165, 1.54) is 6.42 Å². The van der Waals surface area contributed by atoms with Crippen molar-refractivity contribution in [2.24, 2.45) is 5.41 Å². The zero-order valence-electron chi connectivity index (χ0n) is 11.5. The molecule has 17 heavy (non-hydrogen) atoms. The van der Waals surface area contributed by atoms with Gasteiger partial charge in [-0.05, 0) is 0 Å². The Balaban J connectivity index is 0.000000770. The third kappa shape index (κ3) is 3.58. The summed E-state index contributed by atoms with van der Waals surface area (Å²) in [7, 11) is 0. The predicted octanol–water partition coefficient (Wildman–Crippen LogP) is 2.82. The van der Waals surface area contributed by atoms with Crippen LogP contribution in [0, 0.1) is 5.41 Å². The van der Waals surface area contributed by atoms with Gasteiger partial charge in [0, 0.05) is 12.3 Å². The average molecular weight is 242 g/mol. The maximum absolute atomic E-state index is 11.2. The number of ether oxygens (including phenoxy) is 2. The summed E-state index contributed by atoms with van der Waals surface area (Å²) in [6, 6.07) is 0. The fourth-order valence-corrected chi connectivity index (χ4v) is 0.887. The van der Waals surface area contributed by atoms with Gasteiger partial charge in [0.25, 0.3) is 5.79 Å². The van der Waals surface area contributed by atoms with Crippen molar-refractivity contribution in [3.63, 3.8) is 0 Å². The molecule has 1 heterocycles. The molecule has 1 saturated heterocycles. The first-order valence-electron chi connectivity index (χ1n) is 5.74. The van der Waals surface area contributed by atoms with Crippen molar-refractivity contribution in [1.29, 1.82) is 0 Å². The summed E-state index contributed by atoms with van der Waals surface area (Å²) in [6.07, 6.45) is 1.25. The Labute approximate surface area is 103 Å². The van der Waals surface area contributed by atoms with Crippen molar-refractivity contribution >= 4 is 11.9 Å². The summed E-state index contributed by atoms with van der Waals surface area (Å²) in [4.78, 5) is 22.5. The lowest BCUT2D eigenvalue weighted by Gasteiger charge is -2.42. The lowest BCUT2D eigenvalue weighted by molar-refractivity contribution is -0.261. The van der Waals surface area contributed by atoms with Gasteiger partial charge in [-0.3, -0.25) is 0 Å². The van der Waals surface area contributed by atoms with Gasteiger partial charge in [-0.15, -0.1) is 0 Å². The number of rotatable bonds is 0. The van der Waals surface area contributed by atoms with Crippen molar-refractivity contribution in [2.45, 2.75) is 53.8 Å². The minimum Gasteiger partial charge on any atom is -0.418 e. The van der Waals surface area contributed by atoms with Crippen LogP contribution in [0.15, 0.2) is 12.2 Å². The predicted molar refractivity (Wildman–Crippen MR) is 65.1 cm³/mol. The third-order valence-electron chi connectivity index (χ3n) is 2.43. The fraction of sp³-hybridized carbons (Fsp3) is 0.692.